The summed E-state index contributed by atoms with van der Waals surface area (Å²) in [6.45, 7) is 2.56. The zero-order chi connectivity index (χ0) is 20.8. The van der Waals surface area contributed by atoms with Crippen LogP contribution in [0.4, 0.5) is 4.79 Å². The summed E-state index contributed by atoms with van der Waals surface area (Å²) in [5, 5.41) is 3.02. The van der Waals surface area contributed by atoms with Crippen molar-refractivity contribution in [1.82, 2.24) is 26.1 Å². The van der Waals surface area contributed by atoms with Gasteiger partial charge in [-0.25, -0.2) is 15.2 Å². The Morgan fingerprint density at radius 1 is 1.31 bits per heavy atom. The first kappa shape index (κ1) is 21.3. The van der Waals surface area contributed by atoms with E-state index in [1.807, 2.05) is 6.92 Å². The molecule has 3 rings (SSSR count). The topological polar surface area (TPSA) is 105 Å². The van der Waals surface area contributed by atoms with Crippen LogP contribution in [0.3, 0.4) is 0 Å². The van der Waals surface area contributed by atoms with Gasteiger partial charge in [0.1, 0.15) is 6.10 Å². The zero-order valence-corrected chi connectivity index (χ0v) is 17.3. The van der Waals surface area contributed by atoms with Crippen molar-refractivity contribution >= 4 is 12.0 Å². The van der Waals surface area contributed by atoms with E-state index in [2.05, 4.69) is 21.2 Å². The van der Waals surface area contributed by atoms with Gasteiger partial charge in [0.05, 0.1) is 19.7 Å². The average Bonchev–Trinajstić information content (AvgIpc) is 3.36. The lowest BCUT2D eigenvalue weighted by molar-refractivity contribution is -0.121. The first-order chi connectivity index (χ1) is 14.0. The molecule has 1 aliphatic heterocycles. The molecule has 9 nitrogen and oxygen atoms in total. The third kappa shape index (κ3) is 5.80. The molecule has 0 aromatic carbocycles. The van der Waals surface area contributed by atoms with Gasteiger partial charge in [-0.2, -0.15) is 0 Å². The fraction of sp³-hybridized carbons (Fsp3) is 0.650. The molecule has 2 amide bonds. The number of nitrogens with zero attached hydrogens (tertiary/aromatic N) is 2. The lowest BCUT2D eigenvalue weighted by Crippen LogP contribution is -2.45. The maximum atomic E-state index is 12.4. The first-order valence-electron chi connectivity index (χ1n) is 10.2. The van der Waals surface area contributed by atoms with Gasteiger partial charge in [0.25, 0.3) is 0 Å². The van der Waals surface area contributed by atoms with Gasteiger partial charge in [-0.15, -0.1) is 0 Å². The summed E-state index contributed by atoms with van der Waals surface area (Å²) in [7, 11) is 3.30. The molecule has 4 atom stereocenters. The Morgan fingerprint density at radius 3 is 2.90 bits per heavy atom. The predicted molar refractivity (Wildman–Crippen MR) is 107 cm³/mol. The monoisotopic (exact) mass is 405 g/mol. The smallest absolute Gasteiger partial charge is 0.409 e. The van der Waals surface area contributed by atoms with Gasteiger partial charge in [0.2, 0.25) is 11.8 Å². The van der Waals surface area contributed by atoms with Crippen LogP contribution in [-0.4, -0.2) is 60.9 Å². The summed E-state index contributed by atoms with van der Waals surface area (Å²) in [6.07, 6.45) is 5.03. The molecule has 1 aliphatic carbocycles. The van der Waals surface area contributed by atoms with E-state index in [-0.39, 0.29) is 36.7 Å². The van der Waals surface area contributed by atoms with Gasteiger partial charge in [0.15, 0.2) is 0 Å². The van der Waals surface area contributed by atoms with E-state index in [4.69, 9.17) is 9.47 Å². The third-order valence-electron chi connectivity index (χ3n) is 5.69. The number of amides is 2. The zero-order valence-electron chi connectivity index (χ0n) is 17.3. The van der Waals surface area contributed by atoms with Crippen LogP contribution >= 0.6 is 0 Å². The van der Waals surface area contributed by atoms with Gasteiger partial charge in [-0.1, -0.05) is 0 Å². The summed E-state index contributed by atoms with van der Waals surface area (Å²) in [5.41, 5.74) is 7.32. The number of ether oxygens (including phenoxy) is 2. The second-order valence-electron chi connectivity index (χ2n) is 7.73. The van der Waals surface area contributed by atoms with Gasteiger partial charge in [-0.3, -0.25) is 10.2 Å². The summed E-state index contributed by atoms with van der Waals surface area (Å²) in [5.74, 6) is 0.857. The summed E-state index contributed by atoms with van der Waals surface area (Å²) in [4.78, 5) is 29.9. The number of nitrogens with one attached hydrogen (secondary N) is 3. The normalized spacial score (nSPS) is 26.2. The van der Waals surface area contributed by atoms with Crippen molar-refractivity contribution in [1.29, 1.82) is 0 Å². The number of aromatic nitrogens is 1. The van der Waals surface area contributed by atoms with Crippen molar-refractivity contribution in [3.63, 3.8) is 0 Å². The SMILES string of the molecule is CCN(C)C(=O)O[C@H]1CC[C@@H](C2CC(NC(=O)Cc3ccnc(OC)c3)NN2)C1. The molecule has 29 heavy (non-hydrogen) atoms. The summed E-state index contributed by atoms with van der Waals surface area (Å²) in [6, 6.07) is 3.81. The Hall–Kier alpha value is -2.39. The van der Waals surface area contributed by atoms with Crippen molar-refractivity contribution in [2.24, 2.45) is 5.92 Å². The number of methoxy groups -OCH3 is 1. The van der Waals surface area contributed by atoms with Crippen LogP contribution in [0.15, 0.2) is 18.3 Å². The number of hydrazine groups is 1. The predicted octanol–water partition coefficient (Wildman–Crippen LogP) is 1.20. The first-order valence-corrected chi connectivity index (χ1v) is 10.2. The van der Waals surface area contributed by atoms with Crippen LogP contribution in [0.25, 0.3) is 0 Å². The minimum Gasteiger partial charge on any atom is -0.481 e. The maximum absolute atomic E-state index is 12.4. The summed E-state index contributed by atoms with van der Waals surface area (Å²) < 4.78 is 10.7. The Morgan fingerprint density at radius 2 is 2.14 bits per heavy atom. The molecule has 2 aliphatic rings. The van der Waals surface area contributed by atoms with Crippen LogP contribution < -0.4 is 20.9 Å². The molecular weight excluding hydrogens is 374 g/mol. The Kier molecular flexibility index (Phi) is 7.27. The van der Waals surface area contributed by atoms with Crippen molar-refractivity contribution in [2.45, 2.75) is 57.3 Å². The second-order valence-corrected chi connectivity index (χ2v) is 7.73. The average molecular weight is 405 g/mol. The number of pyridine rings is 1. The molecule has 1 aromatic heterocycles. The van der Waals surface area contributed by atoms with Gasteiger partial charge in [0, 0.05) is 31.9 Å². The highest BCUT2D eigenvalue weighted by molar-refractivity contribution is 5.78. The third-order valence-corrected chi connectivity index (χ3v) is 5.69. The van der Waals surface area contributed by atoms with Crippen LogP contribution in [0.2, 0.25) is 0 Å². The highest BCUT2D eigenvalue weighted by Gasteiger charge is 2.37. The lowest BCUT2D eigenvalue weighted by Gasteiger charge is -2.20. The molecule has 160 valence electrons. The van der Waals surface area contributed by atoms with Crippen LogP contribution in [0, 0.1) is 5.92 Å². The van der Waals surface area contributed by atoms with E-state index in [1.54, 1.807) is 37.4 Å². The minimum atomic E-state index is -0.256. The van der Waals surface area contributed by atoms with E-state index in [0.717, 1.165) is 31.2 Å². The maximum Gasteiger partial charge on any atom is 0.409 e. The van der Waals surface area contributed by atoms with Gasteiger partial charge < -0.3 is 19.7 Å². The Labute approximate surface area is 171 Å². The van der Waals surface area contributed by atoms with E-state index in [1.165, 1.54) is 0 Å². The fourth-order valence-electron chi connectivity index (χ4n) is 3.89. The number of rotatable bonds is 7. The highest BCUT2D eigenvalue weighted by atomic mass is 16.6. The molecule has 0 spiro atoms. The number of hydrogen-bond donors (Lipinski definition) is 3. The highest BCUT2D eigenvalue weighted by Crippen LogP contribution is 2.33. The molecule has 1 aromatic rings. The number of carbonyl (C=O) groups is 2. The molecule has 0 radical (unpaired) electrons. The minimum absolute atomic E-state index is 0.0291. The van der Waals surface area contributed by atoms with E-state index >= 15 is 0 Å². The Balaban J connectivity index is 1.42. The van der Waals surface area contributed by atoms with Crippen molar-refractivity contribution in [2.75, 3.05) is 20.7 Å². The van der Waals surface area contributed by atoms with E-state index in [0.29, 0.717) is 18.3 Å². The van der Waals surface area contributed by atoms with Crippen molar-refractivity contribution < 1.29 is 19.1 Å². The molecule has 2 heterocycles. The van der Waals surface area contributed by atoms with Gasteiger partial charge in [-0.05, 0) is 50.2 Å². The van der Waals surface area contributed by atoms with Crippen LogP contribution in [-0.2, 0) is 16.0 Å². The van der Waals surface area contributed by atoms with Crippen molar-refractivity contribution in [3.05, 3.63) is 23.9 Å². The summed E-state index contributed by atoms with van der Waals surface area (Å²) >= 11 is 0. The number of hydrogen-bond acceptors (Lipinski definition) is 7. The molecule has 2 unspecified atom stereocenters. The fourth-order valence-corrected chi connectivity index (χ4v) is 3.89. The lowest BCUT2D eigenvalue weighted by atomic mass is 9.96. The molecule has 1 saturated heterocycles. The van der Waals surface area contributed by atoms with Crippen LogP contribution in [0.1, 0.15) is 38.2 Å². The van der Waals surface area contributed by atoms with Crippen LogP contribution in [0.5, 0.6) is 5.88 Å². The van der Waals surface area contributed by atoms with E-state index in [9.17, 15) is 9.59 Å². The van der Waals surface area contributed by atoms with E-state index < -0.39 is 0 Å². The standard InChI is InChI=1S/C20H31N5O4/c1-4-25(2)20(27)29-15-6-5-14(11-15)16-12-17(24-23-16)22-18(26)9-13-7-8-21-19(10-13)28-3/h7-8,10,14-17,23-24H,4-6,9,11-12H2,1-3H3,(H,22,26)/t14-,15+,16?,17?/m1/s1. The molecule has 1 saturated carbocycles. The molecule has 2 fully saturated rings. The molecule has 0 bridgehead atoms. The molecule has 3 N–H and O–H groups in total. The second kappa shape index (κ2) is 9.89. The Bertz CT molecular complexity index is 716. The van der Waals surface area contributed by atoms with Gasteiger partial charge >= 0.3 is 6.09 Å². The largest absolute Gasteiger partial charge is 0.481 e. The quantitative estimate of drug-likeness (QED) is 0.626. The van der Waals surface area contributed by atoms with Crippen molar-refractivity contribution in [3.8, 4) is 5.88 Å². The number of carbonyl (C=O) groups excluding carboxylic acids is 2. The molecule has 9 heteroatoms. The molecular formula is C20H31N5O4.